The van der Waals surface area contributed by atoms with Crippen LogP contribution in [0.4, 0.5) is 16.3 Å². The number of aromatic nitrogens is 2. The number of ether oxygens (including phenoxy) is 1. The maximum absolute atomic E-state index is 12.9. The van der Waals surface area contributed by atoms with Gasteiger partial charge in [-0.25, -0.2) is 9.59 Å². The Balaban J connectivity index is 1.45. The summed E-state index contributed by atoms with van der Waals surface area (Å²) in [6.07, 6.45) is 3.03. The number of rotatable bonds is 4. The molecule has 4 rings (SSSR count). The Kier molecular flexibility index (Phi) is 6.73. The van der Waals surface area contributed by atoms with E-state index in [1.54, 1.807) is 12.3 Å². The molecule has 2 amide bonds. The van der Waals surface area contributed by atoms with Crippen LogP contribution in [-0.4, -0.2) is 21.7 Å². The molecule has 0 radical (unpaired) electrons. The first-order chi connectivity index (χ1) is 16.4. The highest BCUT2D eigenvalue weighted by Gasteiger charge is 2.44. The van der Waals surface area contributed by atoms with Crippen LogP contribution < -0.4 is 16.3 Å². The van der Waals surface area contributed by atoms with Gasteiger partial charge in [0.05, 0.1) is 6.10 Å². The second-order valence-electron chi connectivity index (χ2n) is 11.7. The third-order valence-electron chi connectivity index (χ3n) is 6.55. The molecule has 7 nitrogen and oxygen atoms in total. The number of anilines is 2. The van der Waals surface area contributed by atoms with Crippen molar-refractivity contribution < 1.29 is 9.53 Å². The maximum atomic E-state index is 12.9. The molecule has 1 aromatic heterocycles. The molecular weight excluding hydrogens is 440 g/mol. The van der Waals surface area contributed by atoms with E-state index in [-0.39, 0.29) is 29.0 Å². The molecule has 7 heteroatoms. The Labute approximate surface area is 206 Å². The molecule has 0 spiro atoms. The van der Waals surface area contributed by atoms with Crippen LogP contribution in [0.1, 0.15) is 60.6 Å². The van der Waals surface area contributed by atoms with Crippen LogP contribution in [0.15, 0.2) is 59.5 Å². The van der Waals surface area contributed by atoms with Crippen LogP contribution in [0, 0.1) is 16.7 Å². The normalized spacial score (nSPS) is 20.7. The summed E-state index contributed by atoms with van der Waals surface area (Å²) in [6.45, 7) is 13.3. The molecule has 186 valence electrons. The molecule has 35 heavy (non-hydrogen) atoms. The van der Waals surface area contributed by atoms with Crippen molar-refractivity contribution in [3.05, 3.63) is 65.2 Å². The number of amides is 2. The predicted molar refractivity (Wildman–Crippen MR) is 141 cm³/mol. The van der Waals surface area contributed by atoms with Crippen LogP contribution in [0.25, 0.3) is 10.8 Å². The maximum Gasteiger partial charge on any atom is 0.351 e. The van der Waals surface area contributed by atoms with Gasteiger partial charge in [-0.3, -0.25) is 9.88 Å². The minimum atomic E-state index is -0.458. The van der Waals surface area contributed by atoms with E-state index in [9.17, 15) is 9.59 Å². The Morgan fingerprint density at radius 1 is 1.03 bits per heavy atom. The van der Waals surface area contributed by atoms with E-state index in [0.717, 1.165) is 23.6 Å². The summed E-state index contributed by atoms with van der Waals surface area (Å²) in [5.41, 5.74) is 0.400. The zero-order chi connectivity index (χ0) is 25.4. The van der Waals surface area contributed by atoms with Gasteiger partial charge in [-0.05, 0) is 58.6 Å². The van der Waals surface area contributed by atoms with Gasteiger partial charge < -0.3 is 10.1 Å². The first-order valence-corrected chi connectivity index (χ1v) is 12.2. The third kappa shape index (κ3) is 6.09. The number of hydrogen-bond acceptors (Lipinski definition) is 4. The van der Waals surface area contributed by atoms with Gasteiger partial charge in [0, 0.05) is 11.9 Å². The van der Waals surface area contributed by atoms with Crippen molar-refractivity contribution in [1.82, 2.24) is 9.55 Å². The van der Waals surface area contributed by atoms with Gasteiger partial charge in [0.25, 0.3) is 0 Å². The summed E-state index contributed by atoms with van der Waals surface area (Å²) >= 11 is 0. The summed E-state index contributed by atoms with van der Waals surface area (Å²) in [5.74, 6) is 0.519. The summed E-state index contributed by atoms with van der Waals surface area (Å²) in [7, 11) is 0. The lowest BCUT2D eigenvalue weighted by Gasteiger charge is -2.33. The van der Waals surface area contributed by atoms with Gasteiger partial charge in [-0.15, -0.1) is 0 Å². The molecule has 1 aliphatic rings. The number of urea groups is 1. The molecule has 1 fully saturated rings. The smallest absolute Gasteiger partial charge is 0.351 e. The van der Waals surface area contributed by atoms with E-state index < -0.39 is 11.7 Å². The van der Waals surface area contributed by atoms with Gasteiger partial charge in [0.2, 0.25) is 0 Å². The lowest BCUT2D eigenvalue weighted by molar-refractivity contribution is -0.0341. The summed E-state index contributed by atoms with van der Waals surface area (Å²) in [6, 6.07) is 14.8. The molecule has 0 unspecified atom stereocenters. The monoisotopic (exact) mass is 476 g/mol. The van der Waals surface area contributed by atoms with Crippen LogP contribution in [0.2, 0.25) is 0 Å². The fourth-order valence-corrected chi connectivity index (χ4v) is 4.85. The Morgan fingerprint density at radius 2 is 1.74 bits per heavy atom. The fraction of sp³-hybridized carbons (Fsp3) is 0.464. The molecule has 1 aliphatic heterocycles. The number of hydrogen-bond donors (Lipinski definition) is 2. The van der Waals surface area contributed by atoms with Crippen LogP contribution in [0.5, 0.6) is 0 Å². The van der Waals surface area contributed by atoms with Gasteiger partial charge in [-0.1, -0.05) is 71.9 Å². The lowest BCUT2D eigenvalue weighted by Crippen LogP contribution is -2.31. The largest absolute Gasteiger partial charge is 0.354 e. The molecule has 0 aliphatic carbocycles. The van der Waals surface area contributed by atoms with Crippen molar-refractivity contribution >= 4 is 28.3 Å². The van der Waals surface area contributed by atoms with E-state index in [4.69, 9.17) is 4.74 Å². The highest BCUT2D eigenvalue weighted by molar-refractivity contribution is 6.00. The third-order valence-corrected chi connectivity index (χ3v) is 6.55. The molecular formula is C28H36N4O3. The first kappa shape index (κ1) is 24.9. The first-order valence-electron chi connectivity index (χ1n) is 12.2. The van der Waals surface area contributed by atoms with E-state index in [0.29, 0.717) is 11.6 Å². The van der Waals surface area contributed by atoms with Crippen molar-refractivity contribution in [2.45, 2.75) is 66.7 Å². The number of benzene rings is 2. The highest BCUT2D eigenvalue weighted by atomic mass is 16.5. The van der Waals surface area contributed by atoms with Crippen molar-refractivity contribution in [2.75, 3.05) is 10.6 Å². The second kappa shape index (κ2) is 9.46. The average Bonchev–Trinajstić information content (AvgIpc) is 3.16. The standard InChI is InChI=1S/C28H36N4O3/c1-27(2,3)17-22-21(28(4,5)6)16-24(35-22)32-14-13-23(31-26(32)34)30-25(33)29-20-12-11-18-9-7-8-10-19(18)15-20/h7-15,21-22,24H,16-17H2,1-6H3,(H2,29,30,31,33,34)/t21-,22-,24-/m1/s1. The van der Waals surface area contributed by atoms with Gasteiger partial charge in [-0.2, -0.15) is 4.98 Å². The van der Waals surface area contributed by atoms with Crippen molar-refractivity contribution in [2.24, 2.45) is 16.7 Å². The molecule has 3 aromatic rings. The van der Waals surface area contributed by atoms with Crippen molar-refractivity contribution in [3.8, 4) is 0 Å². The van der Waals surface area contributed by atoms with E-state index >= 15 is 0 Å². The number of nitrogens with zero attached hydrogens (tertiary/aromatic N) is 2. The molecule has 2 aromatic carbocycles. The lowest BCUT2D eigenvalue weighted by atomic mass is 9.73. The molecule has 0 bridgehead atoms. The Bertz CT molecular complexity index is 1270. The van der Waals surface area contributed by atoms with Gasteiger partial charge in [0.15, 0.2) is 0 Å². The van der Waals surface area contributed by atoms with E-state index in [1.165, 1.54) is 4.57 Å². The zero-order valence-corrected chi connectivity index (χ0v) is 21.5. The minimum Gasteiger partial charge on any atom is -0.354 e. The molecule has 1 saturated heterocycles. The Hall–Kier alpha value is -3.19. The topological polar surface area (TPSA) is 85.2 Å². The zero-order valence-electron chi connectivity index (χ0n) is 21.5. The summed E-state index contributed by atoms with van der Waals surface area (Å²) in [4.78, 5) is 29.5. The van der Waals surface area contributed by atoms with Crippen molar-refractivity contribution in [3.63, 3.8) is 0 Å². The molecule has 2 heterocycles. The summed E-state index contributed by atoms with van der Waals surface area (Å²) < 4.78 is 7.94. The van der Waals surface area contributed by atoms with Gasteiger partial charge >= 0.3 is 11.7 Å². The van der Waals surface area contributed by atoms with E-state index in [1.807, 2.05) is 42.5 Å². The number of fused-ring (bicyclic) bond motifs is 1. The quantitative estimate of drug-likeness (QED) is 0.455. The second-order valence-corrected chi connectivity index (χ2v) is 11.7. The molecule has 3 atom stereocenters. The minimum absolute atomic E-state index is 0.0596. The SMILES string of the molecule is CC(C)(C)C[C@H]1O[C@@H](n2ccc(NC(=O)Nc3ccc4ccccc4c3)nc2=O)C[C@H]1C(C)(C)C. The number of carbonyl (C=O) groups excluding carboxylic acids is 1. The van der Waals surface area contributed by atoms with Crippen LogP contribution in [0.3, 0.4) is 0 Å². The van der Waals surface area contributed by atoms with Crippen LogP contribution in [-0.2, 0) is 4.74 Å². The number of nitrogens with one attached hydrogen (secondary N) is 2. The molecule has 0 saturated carbocycles. The fourth-order valence-electron chi connectivity index (χ4n) is 4.85. The predicted octanol–water partition coefficient (Wildman–Crippen LogP) is 6.43. The highest BCUT2D eigenvalue weighted by Crippen LogP contribution is 2.46. The number of carbonyl (C=O) groups is 1. The van der Waals surface area contributed by atoms with Crippen LogP contribution >= 0.6 is 0 Å². The van der Waals surface area contributed by atoms with Crippen molar-refractivity contribution in [1.29, 1.82) is 0 Å². The average molecular weight is 477 g/mol. The molecule has 2 N–H and O–H groups in total. The van der Waals surface area contributed by atoms with E-state index in [2.05, 4.69) is 57.2 Å². The van der Waals surface area contributed by atoms with Gasteiger partial charge in [0.1, 0.15) is 12.0 Å². The summed E-state index contributed by atoms with van der Waals surface area (Å²) in [5, 5.41) is 7.58. The Morgan fingerprint density at radius 3 is 2.40 bits per heavy atom.